The lowest BCUT2D eigenvalue weighted by Crippen LogP contribution is -2.41. The molecular weight excluding hydrogens is 248 g/mol. The van der Waals surface area contributed by atoms with Gasteiger partial charge >= 0.3 is 0 Å². The first-order valence-electron chi connectivity index (χ1n) is 7.69. The molecule has 0 bridgehead atoms. The van der Waals surface area contributed by atoms with Gasteiger partial charge in [-0.25, -0.2) is 0 Å². The van der Waals surface area contributed by atoms with Crippen LogP contribution in [0, 0.1) is 5.92 Å². The minimum absolute atomic E-state index is 0.0747. The average Bonchev–Trinajstić information content (AvgIpc) is 2.48. The van der Waals surface area contributed by atoms with Crippen LogP contribution in [0.4, 0.5) is 0 Å². The summed E-state index contributed by atoms with van der Waals surface area (Å²) in [6, 6.07) is 8.64. The smallest absolute Gasteiger partial charge is 0.224 e. The summed E-state index contributed by atoms with van der Waals surface area (Å²) < 4.78 is 0. The minimum Gasteiger partial charge on any atom is -0.349 e. The van der Waals surface area contributed by atoms with Gasteiger partial charge in [-0.1, -0.05) is 38.1 Å². The highest BCUT2D eigenvalue weighted by atomic mass is 16.1. The van der Waals surface area contributed by atoms with Crippen LogP contribution in [0.2, 0.25) is 0 Å². The number of nitrogens with one attached hydrogen (secondary N) is 2. The van der Waals surface area contributed by atoms with Gasteiger partial charge in [-0.15, -0.1) is 0 Å². The molecule has 1 amide bonds. The van der Waals surface area contributed by atoms with E-state index in [-0.39, 0.29) is 17.9 Å². The van der Waals surface area contributed by atoms with Crippen molar-refractivity contribution in [3.63, 3.8) is 0 Å². The molecule has 2 N–H and O–H groups in total. The second kappa shape index (κ2) is 6.89. The molecule has 3 heteroatoms. The van der Waals surface area contributed by atoms with Crippen LogP contribution < -0.4 is 10.6 Å². The molecule has 20 heavy (non-hydrogen) atoms. The van der Waals surface area contributed by atoms with Crippen LogP contribution in [0.3, 0.4) is 0 Å². The van der Waals surface area contributed by atoms with E-state index < -0.39 is 0 Å². The predicted molar refractivity (Wildman–Crippen MR) is 82.7 cm³/mol. The molecule has 0 aromatic heterocycles. The Morgan fingerprint density at radius 1 is 1.20 bits per heavy atom. The summed E-state index contributed by atoms with van der Waals surface area (Å²) in [5.41, 5.74) is 2.51. The van der Waals surface area contributed by atoms with Crippen LogP contribution >= 0.6 is 0 Å². The molecule has 0 spiro atoms. The molecule has 1 aliphatic heterocycles. The fourth-order valence-corrected chi connectivity index (χ4v) is 2.66. The number of hydrogen-bond donors (Lipinski definition) is 2. The summed E-state index contributed by atoms with van der Waals surface area (Å²) in [6.45, 7) is 8.28. The van der Waals surface area contributed by atoms with Crippen LogP contribution in [0.5, 0.6) is 0 Å². The van der Waals surface area contributed by atoms with Crippen molar-refractivity contribution in [2.75, 3.05) is 13.1 Å². The van der Waals surface area contributed by atoms with Gasteiger partial charge in [0.25, 0.3) is 0 Å². The normalized spacial score (nSPS) is 20.7. The molecule has 2 rings (SSSR count). The second-order valence-electron chi connectivity index (χ2n) is 6.09. The third-order valence-electron chi connectivity index (χ3n) is 4.13. The number of amides is 1. The van der Waals surface area contributed by atoms with Crippen molar-refractivity contribution in [3.8, 4) is 0 Å². The van der Waals surface area contributed by atoms with Gasteiger partial charge in [0.1, 0.15) is 0 Å². The van der Waals surface area contributed by atoms with Crippen LogP contribution in [0.15, 0.2) is 24.3 Å². The molecule has 0 radical (unpaired) electrons. The number of carbonyl (C=O) groups excluding carboxylic acids is 1. The SMILES string of the molecule is CC(C)c1ccc(C(C)NC(=O)[C@H]2CCCNC2)cc1. The van der Waals surface area contributed by atoms with Gasteiger partial charge in [0.15, 0.2) is 0 Å². The lowest BCUT2D eigenvalue weighted by Gasteiger charge is -2.24. The Hall–Kier alpha value is -1.35. The molecule has 0 aliphatic carbocycles. The maximum absolute atomic E-state index is 12.2. The van der Waals surface area contributed by atoms with Crippen molar-refractivity contribution in [1.29, 1.82) is 0 Å². The van der Waals surface area contributed by atoms with Crippen LogP contribution in [0.25, 0.3) is 0 Å². The number of hydrogen-bond acceptors (Lipinski definition) is 2. The number of carbonyl (C=O) groups is 1. The van der Waals surface area contributed by atoms with Gasteiger partial charge < -0.3 is 10.6 Å². The first kappa shape index (κ1) is 15.0. The van der Waals surface area contributed by atoms with E-state index in [1.165, 1.54) is 11.1 Å². The molecule has 3 nitrogen and oxygen atoms in total. The largest absolute Gasteiger partial charge is 0.349 e. The van der Waals surface area contributed by atoms with Gasteiger partial charge in [-0.05, 0) is 43.4 Å². The van der Waals surface area contributed by atoms with E-state index in [4.69, 9.17) is 0 Å². The summed E-state index contributed by atoms with van der Waals surface area (Å²) in [6.07, 6.45) is 2.09. The summed E-state index contributed by atoms with van der Waals surface area (Å²) >= 11 is 0. The van der Waals surface area contributed by atoms with Gasteiger partial charge in [0.05, 0.1) is 12.0 Å². The van der Waals surface area contributed by atoms with E-state index in [1.54, 1.807) is 0 Å². The van der Waals surface area contributed by atoms with E-state index in [0.29, 0.717) is 5.92 Å². The number of piperidine rings is 1. The van der Waals surface area contributed by atoms with Gasteiger partial charge in [0.2, 0.25) is 5.91 Å². The Balaban J connectivity index is 1.93. The van der Waals surface area contributed by atoms with Crippen LogP contribution in [0.1, 0.15) is 56.7 Å². The Labute approximate surface area is 122 Å². The van der Waals surface area contributed by atoms with Crippen molar-refractivity contribution >= 4 is 5.91 Å². The molecule has 1 heterocycles. The maximum atomic E-state index is 12.2. The quantitative estimate of drug-likeness (QED) is 0.886. The molecule has 1 aromatic rings. The standard InChI is InChI=1S/C17H26N2O/c1-12(2)14-6-8-15(9-7-14)13(3)19-17(20)16-5-4-10-18-11-16/h6-9,12-13,16,18H,4-5,10-11H2,1-3H3,(H,19,20)/t13?,16-/m0/s1. The van der Waals surface area contributed by atoms with Crippen molar-refractivity contribution in [1.82, 2.24) is 10.6 Å². The lowest BCUT2D eigenvalue weighted by molar-refractivity contribution is -0.126. The highest BCUT2D eigenvalue weighted by molar-refractivity contribution is 5.79. The fourth-order valence-electron chi connectivity index (χ4n) is 2.66. The minimum atomic E-state index is 0.0747. The first-order chi connectivity index (χ1) is 9.58. The number of benzene rings is 1. The molecule has 1 aromatic carbocycles. The Bertz CT molecular complexity index is 433. The summed E-state index contributed by atoms with van der Waals surface area (Å²) in [5.74, 6) is 0.848. The van der Waals surface area contributed by atoms with Gasteiger partial charge in [-0.2, -0.15) is 0 Å². The van der Waals surface area contributed by atoms with E-state index in [0.717, 1.165) is 25.9 Å². The maximum Gasteiger partial charge on any atom is 0.224 e. The molecule has 1 unspecified atom stereocenters. The molecule has 0 saturated carbocycles. The summed E-state index contributed by atoms with van der Waals surface area (Å²) in [7, 11) is 0. The lowest BCUT2D eigenvalue weighted by atomic mass is 9.97. The Kier molecular flexibility index (Phi) is 5.18. The second-order valence-corrected chi connectivity index (χ2v) is 6.09. The van der Waals surface area contributed by atoms with Crippen LogP contribution in [-0.4, -0.2) is 19.0 Å². The van der Waals surface area contributed by atoms with E-state index in [2.05, 4.69) is 55.7 Å². The van der Waals surface area contributed by atoms with Crippen molar-refractivity contribution < 1.29 is 4.79 Å². The zero-order valence-corrected chi connectivity index (χ0v) is 12.8. The Morgan fingerprint density at radius 3 is 2.40 bits per heavy atom. The van der Waals surface area contributed by atoms with E-state index in [9.17, 15) is 4.79 Å². The average molecular weight is 274 g/mol. The van der Waals surface area contributed by atoms with Crippen molar-refractivity contribution in [2.45, 2.75) is 45.6 Å². The molecule has 1 saturated heterocycles. The molecule has 2 atom stereocenters. The summed E-state index contributed by atoms with van der Waals surface area (Å²) in [4.78, 5) is 12.2. The molecule has 110 valence electrons. The third kappa shape index (κ3) is 3.83. The van der Waals surface area contributed by atoms with Gasteiger partial charge in [-0.3, -0.25) is 4.79 Å². The zero-order valence-electron chi connectivity index (χ0n) is 12.8. The highest BCUT2D eigenvalue weighted by Crippen LogP contribution is 2.19. The molecule has 1 aliphatic rings. The summed E-state index contributed by atoms with van der Waals surface area (Å²) in [5, 5.41) is 6.42. The fraction of sp³-hybridized carbons (Fsp3) is 0.588. The van der Waals surface area contributed by atoms with Gasteiger partial charge in [0, 0.05) is 6.54 Å². The predicted octanol–water partition coefficient (Wildman–Crippen LogP) is 2.99. The van der Waals surface area contributed by atoms with E-state index in [1.807, 2.05) is 0 Å². The number of rotatable bonds is 4. The highest BCUT2D eigenvalue weighted by Gasteiger charge is 2.22. The third-order valence-corrected chi connectivity index (χ3v) is 4.13. The Morgan fingerprint density at radius 2 is 1.85 bits per heavy atom. The zero-order chi connectivity index (χ0) is 14.5. The molecular formula is C17H26N2O. The van der Waals surface area contributed by atoms with Crippen molar-refractivity contribution in [2.24, 2.45) is 5.92 Å². The molecule has 1 fully saturated rings. The monoisotopic (exact) mass is 274 g/mol. The van der Waals surface area contributed by atoms with E-state index >= 15 is 0 Å². The van der Waals surface area contributed by atoms with Crippen LogP contribution in [-0.2, 0) is 4.79 Å². The van der Waals surface area contributed by atoms with Crippen molar-refractivity contribution in [3.05, 3.63) is 35.4 Å². The topological polar surface area (TPSA) is 41.1 Å². The first-order valence-corrected chi connectivity index (χ1v) is 7.69.